The van der Waals surface area contributed by atoms with Crippen molar-refractivity contribution in [1.82, 2.24) is 10.3 Å². The van der Waals surface area contributed by atoms with Crippen LogP contribution < -0.4 is 10.6 Å². The van der Waals surface area contributed by atoms with Crippen molar-refractivity contribution in [2.75, 3.05) is 18.4 Å². The van der Waals surface area contributed by atoms with Crippen LogP contribution in [-0.4, -0.2) is 24.0 Å². The summed E-state index contributed by atoms with van der Waals surface area (Å²) in [4.78, 5) is 15.9. The average molecular weight is 240 g/mol. The molecule has 2 rings (SSSR count). The van der Waals surface area contributed by atoms with Crippen molar-refractivity contribution in [3.8, 4) is 0 Å². The molecule has 0 radical (unpaired) electrons. The van der Waals surface area contributed by atoms with Crippen LogP contribution in [0.4, 0.5) is 5.82 Å². The van der Waals surface area contributed by atoms with E-state index in [0.717, 1.165) is 25.9 Å². The van der Waals surface area contributed by atoms with Gasteiger partial charge in [-0.05, 0) is 31.5 Å². The molecule has 1 saturated heterocycles. The molecular weight excluding hydrogens is 226 g/mol. The van der Waals surface area contributed by atoms with Gasteiger partial charge in [0, 0.05) is 12.7 Å². The molecule has 1 fully saturated rings. The lowest BCUT2D eigenvalue weighted by Gasteiger charge is -2.21. The summed E-state index contributed by atoms with van der Waals surface area (Å²) in [5, 5.41) is 6.57. The molecule has 0 bridgehead atoms. The molecule has 1 amide bonds. The summed E-state index contributed by atoms with van der Waals surface area (Å²) in [6.07, 6.45) is 3.51. The lowest BCUT2D eigenvalue weighted by Crippen LogP contribution is -2.37. The van der Waals surface area contributed by atoms with E-state index in [0.29, 0.717) is 10.8 Å². The summed E-state index contributed by atoms with van der Waals surface area (Å²) < 4.78 is 0. The van der Waals surface area contributed by atoms with Gasteiger partial charge in [0.2, 0.25) is 5.91 Å². The standard InChI is InChI=1S/C11H14ClN3O/c12-9-3-4-10(14-7-9)15-11(16)8-2-1-5-13-6-8/h3-4,7-8,13H,1-2,5-6H2,(H,14,15,16)/t8-/m1/s1. The molecule has 1 aromatic rings. The fourth-order valence-corrected chi connectivity index (χ4v) is 1.87. The van der Waals surface area contributed by atoms with Gasteiger partial charge in [-0.1, -0.05) is 11.6 Å². The smallest absolute Gasteiger partial charge is 0.229 e. The number of nitrogens with one attached hydrogen (secondary N) is 2. The first kappa shape index (κ1) is 11.4. The third-order valence-electron chi connectivity index (χ3n) is 2.65. The van der Waals surface area contributed by atoms with Crippen molar-refractivity contribution < 1.29 is 4.79 Å². The van der Waals surface area contributed by atoms with Crippen molar-refractivity contribution in [2.45, 2.75) is 12.8 Å². The Labute approximate surface area is 99.4 Å². The summed E-state index contributed by atoms with van der Waals surface area (Å²) in [7, 11) is 0. The van der Waals surface area contributed by atoms with Crippen molar-refractivity contribution >= 4 is 23.3 Å². The Morgan fingerprint density at radius 3 is 3.06 bits per heavy atom. The lowest BCUT2D eigenvalue weighted by molar-refractivity contribution is -0.120. The number of amides is 1. The Kier molecular flexibility index (Phi) is 3.74. The predicted molar refractivity (Wildman–Crippen MR) is 63.5 cm³/mol. The van der Waals surface area contributed by atoms with Crippen LogP contribution in [0.2, 0.25) is 5.02 Å². The van der Waals surface area contributed by atoms with E-state index >= 15 is 0 Å². The van der Waals surface area contributed by atoms with E-state index in [4.69, 9.17) is 11.6 Å². The normalized spacial score (nSPS) is 20.4. The van der Waals surface area contributed by atoms with Crippen molar-refractivity contribution in [2.24, 2.45) is 5.92 Å². The van der Waals surface area contributed by atoms with Crippen LogP contribution in [0.25, 0.3) is 0 Å². The molecule has 2 heterocycles. The van der Waals surface area contributed by atoms with Crippen LogP contribution in [0.1, 0.15) is 12.8 Å². The van der Waals surface area contributed by atoms with E-state index in [1.165, 1.54) is 6.20 Å². The first-order valence-electron chi connectivity index (χ1n) is 5.39. The minimum atomic E-state index is 0.0297. The van der Waals surface area contributed by atoms with Gasteiger partial charge in [-0.25, -0.2) is 4.98 Å². The molecule has 16 heavy (non-hydrogen) atoms. The lowest BCUT2D eigenvalue weighted by atomic mass is 9.99. The van der Waals surface area contributed by atoms with Crippen molar-refractivity contribution in [1.29, 1.82) is 0 Å². The van der Waals surface area contributed by atoms with Crippen LogP contribution in [0, 0.1) is 5.92 Å². The Bertz CT molecular complexity index is 360. The van der Waals surface area contributed by atoms with E-state index in [2.05, 4.69) is 15.6 Å². The zero-order valence-corrected chi connectivity index (χ0v) is 9.63. The third kappa shape index (κ3) is 2.93. The van der Waals surface area contributed by atoms with E-state index in [1.54, 1.807) is 12.1 Å². The zero-order valence-electron chi connectivity index (χ0n) is 8.87. The van der Waals surface area contributed by atoms with Crippen LogP contribution >= 0.6 is 11.6 Å². The molecule has 4 nitrogen and oxygen atoms in total. The second-order valence-electron chi connectivity index (χ2n) is 3.89. The molecule has 1 aromatic heterocycles. The van der Waals surface area contributed by atoms with Gasteiger partial charge in [-0.3, -0.25) is 4.79 Å². The number of halogens is 1. The fraction of sp³-hybridized carbons (Fsp3) is 0.455. The second-order valence-corrected chi connectivity index (χ2v) is 4.33. The van der Waals surface area contributed by atoms with Crippen LogP contribution in [0.5, 0.6) is 0 Å². The predicted octanol–water partition coefficient (Wildman–Crippen LogP) is 1.67. The summed E-state index contributed by atoms with van der Waals surface area (Å²) in [5.74, 6) is 0.633. The minimum absolute atomic E-state index is 0.0297. The summed E-state index contributed by atoms with van der Waals surface area (Å²) >= 11 is 5.71. The zero-order chi connectivity index (χ0) is 11.4. The molecule has 2 N–H and O–H groups in total. The molecule has 0 aliphatic carbocycles. The minimum Gasteiger partial charge on any atom is -0.316 e. The number of hydrogen-bond acceptors (Lipinski definition) is 3. The Hall–Kier alpha value is -1.13. The van der Waals surface area contributed by atoms with Crippen molar-refractivity contribution in [3.05, 3.63) is 23.4 Å². The summed E-state index contributed by atoms with van der Waals surface area (Å²) in [6, 6.07) is 3.42. The number of carbonyl (C=O) groups is 1. The maximum absolute atomic E-state index is 11.8. The molecule has 0 unspecified atom stereocenters. The van der Waals surface area contributed by atoms with Gasteiger partial charge in [0.15, 0.2) is 0 Å². The molecule has 5 heteroatoms. The number of piperidine rings is 1. The number of rotatable bonds is 2. The maximum atomic E-state index is 11.8. The van der Waals surface area contributed by atoms with Gasteiger partial charge in [-0.2, -0.15) is 0 Å². The Morgan fingerprint density at radius 2 is 2.44 bits per heavy atom. The number of pyridine rings is 1. The van der Waals surface area contributed by atoms with Gasteiger partial charge in [0.05, 0.1) is 10.9 Å². The maximum Gasteiger partial charge on any atom is 0.229 e. The number of aromatic nitrogens is 1. The SMILES string of the molecule is O=C(Nc1ccc(Cl)cn1)[C@@H]1CCCNC1. The third-order valence-corrected chi connectivity index (χ3v) is 2.87. The van der Waals surface area contributed by atoms with Crippen LogP contribution in [0.15, 0.2) is 18.3 Å². The van der Waals surface area contributed by atoms with Gasteiger partial charge < -0.3 is 10.6 Å². The number of nitrogens with zero attached hydrogens (tertiary/aromatic N) is 1. The highest BCUT2D eigenvalue weighted by Gasteiger charge is 2.20. The van der Waals surface area contributed by atoms with E-state index in [1.807, 2.05) is 0 Å². The molecular formula is C11H14ClN3O. The van der Waals surface area contributed by atoms with E-state index in [-0.39, 0.29) is 11.8 Å². The fourth-order valence-electron chi connectivity index (χ4n) is 1.75. The quantitative estimate of drug-likeness (QED) is 0.826. The van der Waals surface area contributed by atoms with E-state index in [9.17, 15) is 4.79 Å². The molecule has 1 aliphatic rings. The molecule has 1 aliphatic heterocycles. The largest absolute Gasteiger partial charge is 0.316 e. The Balaban J connectivity index is 1.93. The number of carbonyl (C=O) groups excluding carboxylic acids is 1. The first-order valence-corrected chi connectivity index (χ1v) is 5.76. The summed E-state index contributed by atoms with van der Waals surface area (Å²) in [6.45, 7) is 1.75. The second kappa shape index (κ2) is 5.27. The first-order chi connectivity index (χ1) is 7.75. The highest BCUT2D eigenvalue weighted by Crippen LogP contribution is 2.14. The number of anilines is 1. The average Bonchev–Trinajstić information content (AvgIpc) is 2.33. The number of hydrogen-bond donors (Lipinski definition) is 2. The highest BCUT2D eigenvalue weighted by atomic mass is 35.5. The topological polar surface area (TPSA) is 54.0 Å². The molecule has 1 atom stereocenters. The molecule has 0 aromatic carbocycles. The van der Waals surface area contributed by atoms with Gasteiger partial charge in [0.25, 0.3) is 0 Å². The van der Waals surface area contributed by atoms with Crippen molar-refractivity contribution in [3.63, 3.8) is 0 Å². The van der Waals surface area contributed by atoms with Crippen LogP contribution in [0.3, 0.4) is 0 Å². The molecule has 86 valence electrons. The molecule has 0 saturated carbocycles. The van der Waals surface area contributed by atoms with Crippen LogP contribution in [-0.2, 0) is 4.79 Å². The Morgan fingerprint density at radius 1 is 1.56 bits per heavy atom. The van der Waals surface area contributed by atoms with Gasteiger partial charge in [0.1, 0.15) is 5.82 Å². The van der Waals surface area contributed by atoms with Gasteiger partial charge >= 0.3 is 0 Å². The molecule has 0 spiro atoms. The monoisotopic (exact) mass is 239 g/mol. The van der Waals surface area contributed by atoms with Gasteiger partial charge in [-0.15, -0.1) is 0 Å². The summed E-state index contributed by atoms with van der Waals surface area (Å²) in [5.41, 5.74) is 0. The highest BCUT2D eigenvalue weighted by molar-refractivity contribution is 6.30. The van der Waals surface area contributed by atoms with E-state index < -0.39 is 0 Å².